The molecule has 1 heterocycles. The maximum atomic E-state index is 11.2. The second-order valence-electron chi connectivity index (χ2n) is 7.13. The van der Waals surface area contributed by atoms with Gasteiger partial charge in [0.2, 0.25) is 5.91 Å². The second-order valence-corrected chi connectivity index (χ2v) is 7.13. The van der Waals surface area contributed by atoms with Crippen LogP contribution in [-0.2, 0) is 11.3 Å². The van der Waals surface area contributed by atoms with Crippen molar-refractivity contribution in [2.45, 2.75) is 59.2 Å². The lowest BCUT2D eigenvalue weighted by atomic mass is 10.0. The average Bonchev–Trinajstić information content (AvgIpc) is 2.60. The normalized spacial score (nSPS) is 16.6. The first-order valence-corrected chi connectivity index (χ1v) is 9.63. The van der Waals surface area contributed by atoms with E-state index in [1.165, 1.54) is 6.92 Å². The molecule has 1 aromatic carbocycles. The van der Waals surface area contributed by atoms with Gasteiger partial charge >= 0.3 is 0 Å². The number of anilines is 1. The molecule has 2 rings (SSSR count). The monoisotopic (exact) mass is 359 g/mol. The van der Waals surface area contributed by atoms with E-state index in [1.54, 1.807) is 0 Å². The zero-order chi connectivity index (χ0) is 18.9. The molecule has 0 bridgehead atoms. The molecule has 1 aromatic rings. The third-order valence-corrected chi connectivity index (χ3v) is 4.61. The molecule has 0 aromatic heterocycles. The summed E-state index contributed by atoms with van der Waals surface area (Å²) in [6, 6.07) is 8.91. The molecule has 1 aliphatic rings. The molecule has 0 saturated carbocycles. The van der Waals surface area contributed by atoms with Gasteiger partial charge < -0.3 is 20.9 Å². The molecule has 1 fully saturated rings. The largest absolute Gasteiger partial charge is 0.357 e. The van der Waals surface area contributed by atoms with E-state index in [4.69, 9.17) is 4.99 Å². The van der Waals surface area contributed by atoms with Crippen molar-refractivity contribution in [2.75, 3.05) is 25.0 Å². The predicted molar refractivity (Wildman–Crippen MR) is 108 cm³/mol. The SMILES string of the molecule is CCNC(=NCc1cccc(NC(C)=O)c1)NC1CCN(C(C)C)CC1. The number of guanidine groups is 1. The lowest BCUT2D eigenvalue weighted by Crippen LogP contribution is -2.49. The minimum Gasteiger partial charge on any atom is -0.357 e. The van der Waals surface area contributed by atoms with Crippen LogP contribution in [0.15, 0.2) is 29.3 Å². The Bertz CT molecular complexity index is 606. The summed E-state index contributed by atoms with van der Waals surface area (Å²) in [7, 11) is 0. The number of rotatable bonds is 6. The molecule has 1 amide bonds. The van der Waals surface area contributed by atoms with E-state index in [0.717, 1.165) is 49.7 Å². The maximum absolute atomic E-state index is 11.2. The number of nitrogens with zero attached hydrogens (tertiary/aromatic N) is 2. The Morgan fingerprint density at radius 1 is 1.31 bits per heavy atom. The Balaban J connectivity index is 1.93. The summed E-state index contributed by atoms with van der Waals surface area (Å²) in [6.45, 7) is 11.8. The number of likely N-dealkylation sites (tertiary alicyclic amines) is 1. The Labute approximate surface area is 157 Å². The summed E-state index contributed by atoms with van der Waals surface area (Å²) >= 11 is 0. The van der Waals surface area contributed by atoms with Crippen LogP contribution in [0.3, 0.4) is 0 Å². The number of piperidine rings is 1. The van der Waals surface area contributed by atoms with Gasteiger partial charge in [0.1, 0.15) is 0 Å². The molecule has 26 heavy (non-hydrogen) atoms. The van der Waals surface area contributed by atoms with Crippen LogP contribution in [0.4, 0.5) is 5.69 Å². The van der Waals surface area contributed by atoms with E-state index in [-0.39, 0.29) is 5.91 Å². The number of hydrogen-bond acceptors (Lipinski definition) is 3. The molecule has 0 atom stereocenters. The first-order valence-electron chi connectivity index (χ1n) is 9.63. The van der Waals surface area contributed by atoms with Crippen molar-refractivity contribution < 1.29 is 4.79 Å². The molecule has 0 unspecified atom stereocenters. The summed E-state index contributed by atoms with van der Waals surface area (Å²) in [5.74, 6) is 0.800. The van der Waals surface area contributed by atoms with Gasteiger partial charge in [0.25, 0.3) is 0 Å². The summed E-state index contributed by atoms with van der Waals surface area (Å²) in [5, 5.41) is 9.73. The van der Waals surface area contributed by atoms with Crippen LogP contribution in [0.25, 0.3) is 0 Å². The standard InChI is InChI=1S/C20H33N5O/c1-5-21-20(24-18-9-11-25(12-10-18)15(2)3)22-14-17-7-6-8-19(13-17)23-16(4)26/h6-8,13,15,18H,5,9-12,14H2,1-4H3,(H,23,26)(H2,21,22,24). The van der Waals surface area contributed by atoms with E-state index >= 15 is 0 Å². The van der Waals surface area contributed by atoms with E-state index in [9.17, 15) is 4.79 Å². The van der Waals surface area contributed by atoms with Crippen LogP contribution in [0.1, 0.15) is 46.1 Å². The number of carbonyl (C=O) groups excluding carboxylic acids is 1. The molecule has 3 N–H and O–H groups in total. The molecular weight excluding hydrogens is 326 g/mol. The fourth-order valence-electron chi connectivity index (χ4n) is 3.19. The fraction of sp³-hybridized carbons (Fsp3) is 0.600. The van der Waals surface area contributed by atoms with E-state index in [0.29, 0.717) is 18.6 Å². The van der Waals surface area contributed by atoms with Gasteiger partial charge in [-0.2, -0.15) is 0 Å². The Morgan fingerprint density at radius 2 is 2.04 bits per heavy atom. The highest BCUT2D eigenvalue weighted by atomic mass is 16.1. The third kappa shape index (κ3) is 6.67. The summed E-state index contributed by atoms with van der Waals surface area (Å²) in [5.41, 5.74) is 1.88. The highest BCUT2D eigenvalue weighted by Gasteiger charge is 2.21. The van der Waals surface area contributed by atoms with Crippen molar-refractivity contribution in [3.05, 3.63) is 29.8 Å². The Hall–Kier alpha value is -2.08. The second kappa shape index (κ2) is 10.2. The number of nitrogens with one attached hydrogen (secondary N) is 3. The first-order chi connectivity index (χ1) is 12.5. The molecule has 0 radical (unpaired) electrons. The van der Waals surface area contributed by atoms with Gasteiger partial charge in [0.05, 0.1) is 6.54 Å². The van der Waals surface area contributed by atoms with Crippen LogP contribution >= 0.6 is 0 Å². The highest BCUT2D eigenvalue weighted by molar-refractivity contribution is 5.88. The first kappa shape index (κ1) is 20.2. The zero-order valence-electron chi connectivity index (χ0n) is 16.5. The van der Waals surface area contributed by atoms with Gasteiger partial charge in [-0.25, -0.2) is 4.99 Å². The third-order valence-electron chi connectivity index (χ3n) is 4.61. The molecule has 1 aliphatic heterocycles. The number of amides is 1. The lowest BCUT2D eigenvalue weighted by molar-refractivity contribution is -0.114. The van der Waals surface area contributed by atoms with Crippen LogP contribution in [0, 0.1) is 0 Å². The quantitative estimate of drug-likeness (QED) is 0.539. The maximum Gasteiger partial charge on any atom is 0.221 e. The Morgan fingerprint density at radius 3 is 2.65 bits per heavy atom. The molecule has 1 saturated heterocycles. The molecule has 0 aliphatic carbocycles. The van der Waals surface area contributed by atoms with Crippen LogP contribution in [0.5, 0.6) is 0 Å². The van der Waals surface area contributed by atoms with Gasteiger partial charge in [0, 0.05) is 44.3 Å². The molecule has 6 heteroatoms. The molecule has 0 spiro atoms. The van der Waals surface area contributed by atoms with Crippen molar-refractivity contribution in [1.29, 1.82) is 0 Å². The summed E-state index contributed by atoms with van der Waals surface area (Å²) in [4.78, 5) is 18.4. The summed E-state index contributed by atoms with van der Waals surface area (Å²) in [6.07, 6.45) is 2.28. The zero-order valence-corrected chi connectivity index (χ0v) is 16.5. The number of carbonyl (C=O) groups is 1. The molecule has 144 valence electrons. The smallest absolute Gasteiger partial charge is 0.221 e. The fourth-order valence-corrected chi connectivity index (χ4v) is 3.19. The van der Waals surface area contributed by atoms with Crippen molar-refractivity contribution in [3.63, 3.8) is 0 Å². The van der Waals surface area contributed by atoms with Crippen molar-refractivity contribution in [1.82, 2.24) is 15.5 Å². The van der Waals surface area contributed by atoms with Gasteiger partial charge in [-0.05, 0) is 51.3 Å². The minimum absolute atomic E-state index is 0.0617. The van der Waals surface area contributed by atoms with Gasteiger partial charge in [0.15, 0.2) is 5.96 Å². The van der Waals surface area contributed by atoms with Crippen molar-refractivity contribution >= 4 is 17.6 Å². The average molecular weight is 360 g/mol. The lowest BCUT2D eigenvalue weighted by Gasteiger charge is -2.35. The van der Waals surface area contributed by atoms with E-state index < -0.39 is 0 Å². The van der Waals surface area contributed by atoms with Gasteiger partial charge in [-0.15, -0.1) is 0 Å². The van der Waals surface area contributed by atoms with Crippen molar-refractivity contribution in [2.24, 2.45) is 4.99 Å². The Kier molecular flexibility index (Phi) is 7.91. The van der Waals surface area contributed by atoms with Crippen LogP contribution in [-0.4, -0.2) is 48.5 Å². The number of benzene rings is 1. The number of aliphatic imine (C=N–C) groups is 1. The predicted octanol–water partition coefficient (Wildman–Crippen LogP) is 2.57. The minimum atomic E-state index is -0.0617. The molecular formula is C20H33N5O. The van der Waals surface area contributed by atoms with Gasteiger partial charge in [-0.1, -0.05) is 12.1 Å². The highest BCUT2D eigenvalue weighted by Crippen LogP contribution is 2.14. The van der Waals surface area contributed by atoms with Crippen molar-refractivity contribution in [3.8, 4) is 0 Å². The van der Waals surface area contributed by atoms with Gasteiger partial charge in [-0.3, -0.25) is 4.79 Å². The topological polar surface area (TPSA) is 68.8 Å². The number of hydrogen-bond donors (Lipinski definition) is 3. The van der Waals surface area contributed by atoms with Crippen LogP contribution < -0.4 is 16.0 Å². The summed E-state index contributed by atoms with van der Waals surface area (Å²) < 4.78 is 0. The van der Waals surface area contributed by atoms with E-state index in [1.807, 2.05) is 24.3 Å². The van der Waals surface area contributed by atoms with Crippen LogP contribution in [0.2, 0.25) is 0 Å². The molecule has 6 nitrogen and oxygen atoms in total. The van der Waals surface area contributed by atoms with E-state index in [2.05, 4.69) is 41.6 Å².